The van der Waals surface area contributed by atoms with Crippen molar-refractivity contribution in [2.24, 2.45) is 5.10 Å². The molecule has 1 amide bonds. The zero-order valence-corrected chi connectivity index (χ0v) is 16.9. The highest BCUT2D eigenvalue weighted by Crippen LogP contribution is 2.31. The van der Waals surface area contributed by atoms with Gasteiger partial charge in [0.2, 0.25) is 4.80 Å². The molecule has 8 nitrogen and oxygen atoms in total. The first kappa shape index (κ1) is 17.4. The number of nitrogens with one attached hydrogen (secondary N) is 2. The van der Waals surface area contributed by atoms with Gasteiger partial charge in [-0.25, -0.2) is 0 Å². The Kier molecular flexibility index (Phi) is 3.81. The number of carbonyl (C=O) groups excluding carboxylic acids is 1. The SMILES string of the molecule is CCN1C(=S)N(CC)C2C1NN=c1s/c(=C3\C(=O)Nc4ccccc43)c(=O)n12. The van der Waals surface area contributed by atoms with Crippen molar-refractivity contribution in [2.45, 2.75) is 26.2 Å². The van der Waals surface area contributed by atoms with Gasteiger partial charge in [-0.1, -0.05) is 29.5 Å². The second kappa shape index (κ2) is 6.14. The number of thiazole rings is 1. The van der Waals surface area contributed by atoms with Gasteiger partial charge in [0.1, 0.15) is 4.53 Å². The van der Waals surface area contributed by atoms with Crippen LogP contribution in [0.25, 0.3) is 5.57 Å². The number of hydrogen-bond acceptors (Lipinski definition) is 6. The summed E-state index contributed by atoms with van der Waals surface area (Å²) < 4.78 is 2.08. The van der Waals surface area contributed by atoms with Crippen LogP contribution in [0.5, 0.6) is 0 Å². The first-order valence-electron chi connectivity index (χ1n) is 9.13. The lowest BCUT2D eigenvalue weighted by Gasteiger charge is -2.30. The average molecular weight is 415 g/mol. The Morgan fingerprint density at radius 3 is 2.68 bits per heavy atom. The summed E-state index contributed by atoms with van der Waals surface area (Å²) in [5.41, 5.74) is 4.83. The van der Waals surface area contributed by atoms with Crippen LogP contribution in [-0.2, 0) is 4.79 Å². The summed E-state index contributed by atoms with van der Waals surface area (Å²) in [6.07, 6.45) is -0.498. The summed E-state index contributed by atoms with van der Waals surface area (Å²) in [5, 5.41) is 7.97. The van der Waals surface area contributed by atoms with E-state index < -0.39 is 0 Å². The normalized spacial score (nSPS) is 24.4. The van der Waals surface area contributed by atoms with E-state index in [0.717, 1.165) is 11.3 Å². The van der Waals surface area contributed by atoms with E-state index in [1.807, 2.05) is 47.9 Å². The van der Waals surface area contributed by atoms with Crippen molar-refractivity contribution >= 4 is 45.8 Å². The zero-order chi connectivity index (χ0) is 19.6. The molecule has 1 fully saturated rings. The van der Waals surface area contributed by atoms with E-state index in [4.69, 9.17) is 12.2 Å². The zero-order valence-electron chi connectivity index (χ0n) is 15.3. The molecule has 1 aromatic carbocycles. The van der Waals surface area contributed by atoms with Crippen LogP contribution < -0.4 is 25.6 Å². The van der Waals surface area contributed by atoms with Gasteiger partial charge in [0, 0.05) is 24.3 Å². The monoisotopic (exact) mass is 414 g/mol. The number of amides is 1. The number of anilines is 1. The smallest absolute Gasteiger partial charge is 0.273 e. The van der Waals surface area contributed by atoms with E-state index in [-0.39, 0.29) is 23.8 Å². The van der Waals surface area contributed by atoms with Crippen molar-refractivity contribution < 1.29 is 4.79 Å². The standard InChI is InChI=1S/C18H18N6O2S2/c1-3-22-13-15(23(4-2)18(22)27)24-16(26)12(28-17(24)21-20-13)11-9-7-5-6-8-10(9)19-14(11)25/h5-8,13,15,20H,3-4H2,1-2H3,(H,19,25)/b12-11-. The van der Waals surface area contributed by atoms with Crippen LogP contribution in [0.3, 0.4) is 0 Å². The van der Waals surface area contributed by atoms with Gasteiger partial charge in [0.25, 0.3) is 11.5 Å². The predicted octanol–water partition coefficient (Wildman–Crippen LogP) is -0.0343. The van der Waals surface area contributed by atoms with E-state index in [9.17, 15) is 9.59 Å². The van der Waals surface area contributed by atoms with Crippen molar-refractivity contribution in [3.05, 3.63) is 49.5 Å². The van der Waals surface area contributed by atoms with Crippen molar-refractivity contribution in [1.82, 2.24) is 19.8 Å². The minimum absolute atomic E-state index is 0.207. The molecule has 2 aromatic rings. The van der Waals surface area contributed by atoms with Gasteiger partial charge >= 0.3 is 0 Å². The topological polar surface area (TPSA) is 82.0 Å². The molecular formula is C18H18N6O2S2. The average Bonchev–Trinajstić information content (AvgIpc) is 3.29. The summed E-state index contributed by atoms with van der Waals surface area (Å²) in [6, 6.07) is 7.40. The van der Waals surface area contributed by atoms with E-state index in [1.54, 1.807) is 4.57 Å². The third kappa shape index (κ3) is 2.15. The summed E-state index contributed by atoms with van der Waals surface area (Å²) in [5.74, 6) is -0.258. The van der Waals surface area contributed by atoms with Crippen LogP contribution in [0.1, 0.15) is 25.6 Å². The molecule has 1 aromatic heterocycles. The maximum absolute atomic E-state index is 13.5. The number of benzene rings is 1. The molecule has 0 bridgehead atoms. The largest absolute Gasteiger partial charge is 0.325 e. The van der Waals surface area contributed by atoms with Gasteiger partial charge in [-0.3, -0.25) is 19.6 Å². The minimum Gasteiger partial charge on any atom is -0.325 e. The second-order valence-electron chi connectivity index (χ2n) is 6.72. The van der Waals surface area contributed by atoms with E-state index >= 15 is 0 Å². The fourth-order valence-corrected chi connectivity index (χ4v) is 5.65. The lowest BCUT2D eigenvalue weighted by molar-refractivity contribution is -0.110. The van der Waals surface area contributed by atoms with Crippen LogP contribution in [0.15, 0.2) is 34.2 Å². The van der Waals surface area contributed by atoms with E-state index in [0.29, 0.717) is 33.1 Å². The predicted molar refractivity (Wildman–Crippen MR) is 110 cm³/mol. The Labute approximate surface area is 169 Å². The lowest BCUT2D eigenvalue weighted by Crippen LogP contribution is -2.53. The molecule has 10 heteroatoms. The Morgan fingerprint density at radius 2 is 1.93 bits per heavy atom. The number of rotatable bonds is 2. The molecule has 0 spiro atoms. The second-order valence-corrected chi connectivity index (χ2v) is 8.06. The van der Waals surface area contributed by atoms with Gasteiger partial charge in [-0.2, -0.15) is 0 Å². The summed E-state index contributed by atoms with van der Waals surface area (Å²) in [4.78, 5) is 30.7. The molecule has 28 heavy (non-hydrogen) atoms. The third-order valence-corrected chi connectivity index (χ3v) is 6.90. The highest BCUT2D eigenvalue weighted by Gasteiger charge is 2.46. The number of thiocarbonyl (C=S) groups is 1. The summed E-state index contributed by atoms with van der Waals surface area (Å²) in [6.45, 7) is 5.43. The quantitative estimate of drug-likeness (QED) is 0.672. The molecule has 3 aliphatic rings. The highest BCUT2D eigenvalue weighted by molar-refractivity contribution is 7.80. The Bertz CT molecular complexity index is 1200. The lowest BCUT2D eigenvalue weighted by atomic mass is 10.1. The maximum atomic E-state index is 13.5. The third-order valence-electron chi connectivity index (χ3n) is 5.38. The number of para-hydroxylation sites is 1. The molecule has 2 unspecified atom stereocenters. The number of aromatic nitrogens is 1. The van der Waals surface area contributed by atoms with E-state index in [2.05, 4.69) is 15.8 Å². The molecule has 0 aliphatic carbocycles. The molecule has 4 heterocycles. The number of likely N-dealkylation sites (N-methyl/N-ethyl adjacent to an activating group) is 2. The van der Waals surface area contributed by atoms with Crippen LogP contribution in [0.2, 0.25) is 0 Å². The van der Waals surface area contributed by atoms with Crippen LogP contribution in [0, 0.1) is 0 Å². The van der Waals surface area contributed by atoms with Gasteiger partial charge in [-0.15, -0.1) is 5.10 Å². The van der Waals surface area contributed by atoms with Gasteiger partial charge < -0.3 is 15.1 Å². The molecule has 0 saturated carbocycles. The Hall–Kier alpha value is -2.72. The molecule has 0 radical (unpaired) electrons. The molecule has 3 aliphatic heterocycles. The molecule has 5 rings (SSSR count). The Morgan fingerprint density at radius 1 is 1.18 bits per heavy atom. The summed E-state index contributed by atoms with van der Waals surface area (Å²) >= 11 is 6.85. The van der Waals surface area contributed by atoms with Crippen LogP contribution in [-0.4, -0.2) is 44.6 Å². The van der Waals surface area contributed by atoms with Gasteiger partial charge in [0.15, 0.2) is 17.4 Å². The first-order valence-corrected chi connectivity index (χ1v) is 10.4. The molecule has 2 atom stereocenters. The maximum Gasteiger partial charge on any atom is 0.273 e. The van der Waals surface area contributed by atoms with Gasteiger partial charge in [-0.05, 0) is 32.1 Å². The summed E-state index contributed by atoms with van der Waals surface area (Å²) in [7, 11) is 0. The fraction of sp³-hybridized carbons (Fsp3) is 0.333. The Balaban J connectivity index is 1.77. The number of carbonyl (C=O) groups is 1. The number of nitrogens with zero attached hydrogens (tertiary/aromatic N) is 4. The van der Waals surface area contributed by atoms with Crippen molar-refractivity contribution in [2.75, 3.05) is 18.4 Å². The highest BCUT2D eigenvalue weighted by atomic mass is 32.1. The van der Waals surface area contributed by atoms with Crippen LogP contribution in [0.4, 0.5) is 5.69 Å². The molecule has 2 N–H and O–H groups in total. The minimum atomic E-state index is -0.289. The molecule has 1 saturated heterocycles. The van der Waals surface area contributed by atoms with Crippen LogP contribution >= 0.6 is 23.6 Å². The number of hydrogen-bond donors (Lipinski definition) is 2. The fourth-order valence-electron chi connectivity index (χ4n) is 4.11. The van der Waals surface area contributed by atoms with E-state index in [1.165, 1.54) is 11.3 Å². The van der Waals surface area contributed by atoms with Gasteiger partial charge in [0.05, 0.1) is 5.57 Å². The first-order chi connectivity index (χ1) is 13.6. The van der Waals surface area contributed by atoms with Crippen molar-refractivity contribution in [3.8, 4) is 0 Å². The molecular weight excluding hydrogens is 396 g/mol. The van der Waals surface area contributed by atoms with Crippen molar-refractivity contribution in [3.63, 3.8) is 0 Å². The number of fused-ring (bicyclic) bond motifs is 4. The van der Waals surface area contributed by atoms with Crippen molar-refractivity contribution in [1.29, 1.82) is 0 Å². The molecule has 144 valence electrons.